The molecule has 2 aromatic rings. The van der Waals surface area contributed by atoms with E-state index in [-0.39, 0.29) is 0 Å². The molecule has 20 heavy (non-hydrogen) atoms. The summed E-state index contributed by atoms with van der Waals surface area (Å²) < 4.78 is 6.13. The number of hydrogen-bond donors (Lipinski definition) is 3. The molecule has 0 aliphatic rings. The van der Waals surface area contributed by atoms with Crippen molar-refractivity contribution in [3.63, 3.8) is 0 Å². The van der Waals surface area contributed by atoms with Crippen molar-refractivity contribution < 1.29 is 14.6 Å². The normalized spacial score (nSPS) is 11.9. The zero-order valence-corrected chi connectivity index (χ0v) is 12.9. The number of carboxylic acids is 1. The molecule has 0 saturated carbocycles. The van der Waals surface area contributed by atoms with Crippen molar-refractivity contribution in [1.82, 2.24) is 4.98 Å². The van der Waals surface area contributed by atoms with E-state index in [0.717, 1.165) is 10.2 Å². The predicted molar refractivity (Wildman–Crippen MR) is 80.7 cm³/mol. The summed E-state index contributed by atoms with van der Waals surface area (Å²) in [4.78, 5) is 15.0. The zero-order valence-electron chi connectivity index (χ0n) is 10.5. The lowest BCUT2D eigenvalue weighted by atomic mass is 10.2. The highest BCUT2D eigenvalue weighted by atomic mass is 79.9. The van der Waals surface area contributed by atoms with Gasteiger partial charge in [0.1, 0.15) is 11.8 Å². The van der Waals surface area contributed by atoms with Crippen LogP contribution in [0, 0.1) is 0 Å². The minimum Gasteiger partial charge on any atom is -0.495 e. The van der Waals surface area contributed by atoms with Crippen molar-refractivity contribution in [3.05, 3.63) is 33.7 Å². The van der Waals surface area contributed by atoms with Crippen LogP contribution in [0.5, 0.6) is 5.75 Å². The summed E-state index contributed by atoms with van der Waals surface area (Å²) in [6.07, 6.45) is 0. The van der Waals surface area contributed by atoms with E-state index in [9.17, 15) is 4.79 Å². The quantitative estimate of drug-likeness (QED) is 0.760. The van der Waals surface area contributed by atoms with Gasteiger partial charge in [0, 0.05) is 9.85 Å². The standard InChI is InChI=1S/C12H12BrN3O3S/c1-19-9-3-2-6(13)4-7(9)15-12-16-8(5-20-12)10(14)11(17)18/h2-5,10H,14H2,1H3,(H,15,16)(H,17,18). The molecule has 0 aliphatic carbocycles. The molecule has 0 bridgehead atoms. The fraction of sp³-hybridized carbons (Fsp3) is 0.167. The van der Waals surface area contributed by atoms with Crippen molar-refractivity contribution in [2.24, 2.45) is 5.73 Å². The van der Waals surface area contributed by atoms with Crippen LogP contribution in [0.4, 0.5) is 10.8 Å². The maximum Gasteiger partial charge on any atom is 0.326 e. The first kappa shape index (κ1) is 14.8. The van der Waals surface area contributed by atoms with E-state index in [4.69, 9.17) is 15.6 Å². The van der Waals surface area contributed by atoms with E-state index in [1.807, 2.05) is 18.2 Å². The number of carboxylic acid groups (broad SMARTS) is 1. The van der Waals surface area contributed by atoms with Crippen LogP contribution in [0.1, 0.15) is 11.7 Å². The first-order valence-corrected chi connectivity index (χ1v) is 7.23. The van der Waals surface area contributed by atoms with Gasteiger partial charge in [0.25, 0.3) is 0 Å². The predicted octanol–water partition coefficient (Wildman–Crippen LogP) is 2.74. The van der Waals surface area contributed by atoms with E-state index < -0.39 is 12.0 Å². The minimum atomic E-state index is -1.12. The van der Waals surface area contributed by atoms with Crippen molar-refractivity contribution in [1.29, 1.82) is 0 Å². The average molecular weight is 358 g/mol. The molecule has 1 aromatic carbocycles. The van der Waals surface area contributed by atoms with Crippen LogP contribution in [0.3, 0.4) is 0 Å². The number of halogens is 1. The molecule has 4 N–H and O–H groups in total. The van der Waals surface area contributed by atoms with Gasteiger partial charge < -0.3 is 20.9 Å². The number of methoxy groups -OCH3 is 1. The highest BCUT2D eigenvalue weighted by Gasteiger charge is 2.18. The number of benzene rings is 1. The van der Waals surface area contributed by atoms with Gasteiger partial charge in [-0.05, 0) is 18.2 Å². The number of aliphatic carboxylic acids is 1. The molecule has 8 heteroatoms. The van der Waals surface area contributed by atoms with Crippen LogP contribution in [0.15, 0.2) is 28.1 Å². The monoisotopic (exact) mass is 357 g/mol. The maximum absolute atomic E-state index is 10.8. The lowest BCUT2D eigenvalue weighted by Gasteiger charge is -2.09. The number of carbonyl (C=O) groups is 1. The Hall–Kier alpha value is -1.64. The van der Waals surface area contributed by atoms with E-state index in [0.29, 0.717) is 16.6 Å². The van der Waals surface area contributed by atoms with Crippen molar-refractivity contribution >= 4 is 44.1 Å². The summed E-state index contributed by atoms with van der Waals surface area (Å²) >= 11 is 4.65. The summed E-state index contributed by atoms with van der Waals surface area (Å²) in [5.41, 5.74) is 6.56. The smallest absolute Gasteiger partial charge is 0.326 e. The minimum absolute atomic E-state index is 0.318. The summed E-state index contributed by atoms with van der Waals surface area (Å²) in [7, 11) is 1.57. The Morgan fingerprint density at radius 2 is 2.35 bits per heavy atom. The summed E-state index contributed by atoms with van der Waals surface area (Å²) in [6, 6.07) is 4.39. The molecule has 6 nitrogen and oxygen atoms in total. The molecule has 0 fully saturated rings. The average Bonchev–Trinajstić information content (AvgIpc) is 2.86. The lowest BCUT2D eigenvalue weighted by Crippen LogP contribution is -2.20. The Bertz CT molecular complexity index is 632. The van der Waals surface area contributed by atoms with Crippen LogP contribution in [0.25, 0.3) is 0 Å². The molecule has 2 rings (SSSR count). The Morgan fingerprint density at radius 1 is 1.60 bits per heavy atom. The van der Waals surface area contributed by atoms with Gasteiger partial charge in [0.15, 0.2) is 5.13 Å². The molecule has 0 amide bonds. The molecule has 0 saturated heterocycles. The molecule has 0 aliphatic heterocycles. The first-order valence-electron chi connectivity index (χ1n) is 5.55. The van der Waals surface area contributed by atoms with Crippen LogP contribution in [-0.4, -0.2) is 23.2 Å². The van der Waals surface area contributed by atoms with E-state index in [1.54, 1.807) is 12.5 Å². The van der Waals surface area contributed by atoms with Gasteiger partial charge in [0.2, 0.25) is 0 Å². The number of aromatic nitrogens is 1. The van der Waals surface area contributed by atoms with Crippen molar-refractivity contribution in [2.75, 3.05) is 12.4 Å². The van der Waals surface area contributed by atoms with Gasteiger partial charge in [-0.1, -0.05) is 15.9 Å². The molecule has 0 spiro atoms. The molecule has 1 atom stereocenters. The first-order chi connectivity index (χ1) is 9.51. The Morgan fingerprint density at radius 3 is 3.00 bits per heavy atom. The zero-order chi connectivity index (χ0) is 14.7. The number of nitrogens with two attached hydrogens (primary N) is 1. The number of rotatable bonds is 5. The van der Waals surface area contributed by atoms with Crippen LogP contribution >= 0.6 is 27.3 Å². The van der Waals surface area contributed by atoms with Crippen molar-refractivity contribution in [3.8, 4) is 5.75 Å². The second-order valence-electron chi connectivity index (χ2n) is 3.86. The number of ether oxygens (including phenoxy) is 1. The van der Waals surface area contributed by atoms with Gasteiger partial charge >= 0.3 is 5.97 Å². The fourth-order valence-corrected chi connectivity index (χ4v) is 2.63. The second-order valence-corrected chi connectivity index (χ2v) is 5.64. The highest BCUT2D eigenvalue weighted by molar-refractivity contribution is 9.10. The van der Waals surface area contributed by atoms with Crippen LogP contribution < -0.4 is 15.8 Å². The van der Waals surface area contributed by atoms with E-state index in [2.05, 4.69) is 26.2 Å². The third kappa shape index (κ3) is 3.27. The topological polar surface area (TPSA) is 97.5 Å². The number of nitrogens with zero attached hydrogens (tertiary/aromatic N) is 1. The van der Waals surface area contributed by atoms with Gasteiger partial charge in [-0.2, -0.15) is 0 Å². The number of thiazole rings is 1. The van der Waals surface area contributed by atoms with Crippen LogP contribution in [-0.2, 0) is 4.79 Å². The molecule has 0 radical (unpaired) electrons. The third-order valence-electron chi connectivity index (χ3n) is 2.51. The molecule has 1 heterocycles. The molecule has 1 unspecified atom stereocenters. The lowest BCUT2D eigenvalue weighted by molar-refractivity contribution is -0.138. The van der Waals surface area contributed by atoms with E-state index >= 15 is 0 Å². The Kier molecular flexibility index (Phi) is 4.58. The van der Waals surface area contributed by atoms with Crippen molar-refractivity contribution in [2.45, 2.75) is 6.04 Å². The molecular weight excluding hydrogens is 346 g/mol. The number of anilines is 2. The van der Waals surface area contributed by atoms with Gasteiger partial charge in [0.05, 0.1) is 18.5 Å². The summed E-state index contributed by atoms with van der Waals surface area (Å²) in [6.45, 7) is 0. The summed E-state index contributed by atoms with van der Waals surface area (Å²) in [5.74, 6) is -0.450. The molecule has 1 aromatic heterocycles. The Labute approximate surface area is 127 Å². The third-order valence-corrected chi connectivity index (χ3v) is 3.78. The number of hydrogen-bond acceptors (Lipinski definition) is 6. The van der Waals surface area contributed by atoms with Gasteiger partial charge in [-0.25, -0.2) is 4.98 Å². The summed E-state index contributed by atoms with van der Waals surface area (Å²) in [5, 5.41) is 14.1. The largest absolute Gasteiger partial charge is 0.495 e. The Balaban J connectivity index is 2.22. The SMILES string of the molecule is COc1ccc(Br)cc1Nc1nc(C(N)C(=O)O)cs1. The van der Waals surface area contributed by atoms with Crippen LogP contribution in [0.2, 0.25) is 0 Å². The molecule has 106 valence electrons. The number of nitrogens with one attached hydrogen (secondary N) is 1. The highest BCUT2D eigenvalue weighted by Crippen LogP contribution is 2.32. The van der Waals surface area contributed by atoms with E-state index in [1.165, 1.54) is 11.3 Å². The van der Waals surface area contributed by atoms with Gasteiger partial charge in [-0.15, -0.1) is 11.3 Å². The molecular formula is C12H12BrN3O3S. The maximum atomic E-state index is 10.8. The second kappa shape index (κ2) is 6.21. The fourth-order valence-electron chi connectivity index (χ4n) is 1.51. The van der Waals surface area contributed by atoms with Gasteiger partial charge in [-0.3, -0.25) is 4.79 Å².